The van der Waals surface area contributed by atoms with E-state index in [0.29, 0.717) is 35.1 Å². The van der Waals surface area contributed by atoms with Crippen molar-refractivity contribution in [2.45, 2.75) is 70.4 Å². The van der Waals surface area contributed by atoms with Crippen molar-refractivity contribution in [1.82, 2.24) is 19.4 Å². The third-order valence-electron chi connectivity index (χ3n) is 8.28. The predicted molar refractivity (Wildman–Crippen MR) is 146 cm³/mol. The Morgan fingerprint density at radius 2 is 1.79 bits per heavy atom. The van der Waals surface area contributed by atoms with Crippen molar-refractivity contribution in [3.05, 3.63) is 53.9 Å². The Bertz CT molecular complexity index is 1310. The molecule has 0 atom stereocenters. The second kappa shape index (κ2) is 11.3. The van der Waals surface area contributed by atoms with E-state index in [1.807, 2.05) is 34.7 Å². The lowest BCUT2D eigenvalue weighted by molar-refractivity contribution is -0.123. The third-order valence-corrected chi connectivity index (χ3v) is 8.28. The number of fused-ring (bicyclic) bond motifs is 1. The molecule has 3 N–H and O–H groups in total. The summed E-state index contributed by atoms with van der Waals surface area (Å²) in [4.78, 5) is 48.6. The molecule has 9 nitrogen and oxygen atoms in total. The van der Waals surface area contributed by atoms with E-state index in [-0.39, 0.29) is 29.7 Å². The van der Waals surface area contributed by atoms with Crippen LogP contribution >= 0.6 is 0 Å². The SMILES string of the molecule is CN(C(=O)c1ccc2c(c1)nc(NC(=O)c1cccnc1)n2CC1CCC(C(N)=O)CC1)C1CCCCC1. The predicted octanol–water partition coefficient (Wildman–Crippen LogP) is 4.38. The maximum atomic E-state index is 13.3. The fraction of sp³-hybridized carbons (Fsp3) is 0.483. The van der Waals surface area contributed by atoms with Gasteiger partial charge >= 0.3 is 0 Å². The number of nitrogens with zero attached hydrogens (tertiary/aromatic N) is 4. The van der Waals surface area contributed by atoms with Gasteiger partial charge in [-0.3, -0.25) is 24.7 Å². The quantitative estimate of drug-likeness (QED) is 0.482. The largest absolute Gasteiger partial charge is 0.369 e. The van der Waals surface area contributed by atoms with Crippen molar-refractivity contribution in [1.29, 1.82) is 0 Å². The molecule has 1 aromatic carbocycles. The zero-order valence-corrected chi connectivity index (χ0v) is 21.9. The number of rotatable bonds is 7. The number of hydrogen-bond donors (Lipinski definition) is 2. The molecule has 0 aliphatic heterocycles. The number of anilines is 1. The van der Waals surface area contributed by atoms with Crippen molar-refractivity contribution in [2.75, 3.05) is 12.4 Å². The first kappa shape index (κ1) is 25.9. The molecule has 0 saturated heterocycles. The van der Waals surface area contributed by atoms with E-state index in [2.05, 4.69) is 10.3 Å². The molecule has 3 aromatic rings. The van der Waals surface area contributed by atoms with Gasteiger partial charge in [0.2, 0.25) is 11.9 Å². The standard InChI is InChI=1S/C29H36N6O3/c1-34(23-7-3-2-4-8-23)28(38)21-13-14-25-24(16-21)32-29(33-27(37)22-6-5-15-31-17-22)35(25)18-19-9-11-20(12-10-19)26(30)36/h5-6,13-17,19-20,23H,2-4,7-12,18H2,1H3,(H2,30,36)(H,32,33,37). The second-order valence-electron chi connectivity index (χ2n) is 10.8. The Balaban J connectivity index is 1.42. The molecule has 3 amide bonds. The zero-order valence-electron chi connectivity index (χ0n) is 21.9. The van der Waals surface area contributed by atoms with E-state index in [9.17, 15) is 14.4 Å². The van der Waals surface area contributed by atoms with Crippen molar-refractivity contribution in [3.8, 4) is 0 Å². The number of benzene rings is 1. The lowest BCUT2D eigenvalue weighted by Crippen LogP contribution is -2.38. The minimum Gasteiger partial charge on any atom is -0.369 e. The normalized spacial score (nSPS) is 20.2. The molecule has 5 rings (SSSR count). The van der Waals surface area contributed by atoms with Crippen LogP contribution < -0.4 is 11.1 Å². The third kappa shape index (κ3) is 5.56. The molecule has 2 heterocycles. The number of imidazole rings is 1. The van der Waals surface area contributed by atoms with Gasteiger partial charge < -0.3 is 15.2 Å². The number of amides is 3. The Morgan fingerprint density at radius 1 is 1.03 bits per heavy atom. The summed E-state index contributed by atoms with van der Waals surface area (Å²) in [5, 5.41) is 2.96. The second-order valence-corrected chi connectivity index (χ2v) is 10.8. The van der Waals surface area contributed by atoms with Crippen LogP contribution in [-0.4, -0.2) is 50.2 Å². The minimum atomic E-state index is -0.291. The smallest absolute Gasteiger partial charge is 0.259 e. The van der Waals surface area contributed by atoms with Crippen LogP contribution in [0.5, 0.6) is 0 Å². The summed E-state index contributed by atoms with van der Waals surface area (Å²) < 4.78 is 2.03. The average molecular weight is 517 g/mol. The highest BCUT2D eigenvalue weighted by Gasteiger charge is 2.27. The average Bonchev–Trinajstić information content (AvgIpc) is 3.29. The minimum absolute atomic E-state index is 0.000862. The van der Waals surface area contributed by atoms with Crippen LogP contribution in [0.2, 0.25) is 0 Å². The summed E-state index contributed by atoms with van der Waals surface area (Å²) >= 11 is 0. The Morgan fingerprint density at radius 3 is 2.47 bits per heavy atom. The van der Waals surface area contributed by atoms with Crippen LogP contribution in [0.1, 0.15) is 78.5 Å². The molecule has 2 aliphatic rings. The van der Waals surface area contributed by atoms with Crippen molar-refractivity contribution < 1.29 is 14.4 Å². The number of aromatic nitrogens is 3. The van der Waals surface area contributed by atoms with Gasteiger partial charge in [-0.25, -0.2) is 4.98 Å². The van der Waals surface area contributed by atoms with Crippen LogP contribution in [0, 0.1) is 11.8 Å². The molecular formula is C29H36N6O3. The lowest BCUT2D eigenvalue weighted by Gasteiger charge is -2.31. The summed E-state index contributed by atoms with van der Waals surface area (Å²) in [5.41, 5.74) is 8.10. The van der Waals surface area contributed by atoms with Crippen molar-refractivity contribution >= 4 is 34.7 Å². The van der Waals surface area contributed by atoms with E-state index >= 15 is 0 Å². The highest BCUT2D eigenvalue weighted by atomic mass is 16.2. The molecule has 2 saturated carbocycles. The highest BCUT2D eigenvalue weighted by molar-refractivity contribution is 6.04. The molecule has 200 valence electrons. The summed E-state index contributed by atoms with van der Waals surface area (Å²) in [7, 11) is 1.89. The van der Waals surface area contributed by atoms with Crippen molar-refractivity contribution in [3.63, 3.8) is 0 Å². The van der Waals surface area contributed by atoms with Gasteiger partial charge in [0.15, 0.2) is 0 Å². The number of carbonyl (C=O) groups excluding carboxylic acids is 3. The molecule has 2 aromatic heterocycles. The summed E-state index contributed by atoms with van der Waals surface area (Å²) in [6.07, 6.45) is 12.1. The molecule has 0 spiro atoms. The summed E-state index contributed by atoms with van der Waals surface area (Å²) in [6, 6.07) is 9.32. The van der Waals surface area contributed by atoms with E-state index in [1.54, 1.807) is 18.3 Å². The van der Waals surface area contributed by atoms with Crippen LogP contribution in [0.3, 0.4) is 0 Å². The Hall–Kier alpha value is -3.75. The fourth-order valence-corrected chi connectivity index (χ4v) is 5.94. The summed E-state index contributed by atoms with van der Waals surface area (Å²) in [6.45, 7) is 0.653. The first-order valence-corrected chi connectivity index (χ1v) is 13.7. The first-order valence-electron chi connectivity index (χ1n) is 13.7. The molecule has 0 radical (unpaired) electrons. The molecule has 2 aliphatic carbocycles. The van der Waals surface area contributed by atoms with Crippen LogP contribution in [0.15, 0.2) is 42.7 Å². The number of nitrogens with one attached hydrogen (secondary N) is 1. The van der Waals surface area contributed by atoms with Gasteiger partial charge in [0.1, 0.15) is 0 Å². The molecule has 9 heteroatoms. The first-order chi connectivity index (χ1) is 18.4. The lowest BCUT2D eigenvalue weighted by atomic mass is 9.81. The van der Waals surface area contributed by atoms with Crippen molar-refractivity contribution in [2.24, 2.45) is 17.6 Å². The molecule has 0 unspecified atom stereocenters. The number of carbonyl (C=O) groups is 3. The maximum Gasteiger partial charge on any atom is 0.259 e. The monoisotopic (exact) mass is 516 g/mol. The van der Waals surface area contributed by atoms with Gasteiger partial charge in [0.25, 0.3) is 11.8 Å². The van der Waals surface area contributed by atoms with E-state index in [1.165, 1.54) is 12.6 Å². The van der Waals surface area contributed by atoms with E-state index in [4.69, 9.17) is 10.7 Å². The zero-order chi connectivity index (χ0) is 26.6. The van der Waals surface area contributed by atoms with Crippen LogP contribution in [-0.2, 0) is 11.3 Å². The van der Waals surface area contributed by atoms with Gasteiger partial charge in [0.05, 0.1) is 16.6 Å². The fourth-order valence-electron chi connectivity index (χ4n) is 5.94. The number of nitrogens with two attached hydrogens (primary N) is 1. The molecule has 2 fully saturated rings. The van der Waals surface area contributed by atoms with Gasteiger partial charge in [0, 0.05) is 43.5 Å². The van der Waals surface area contributed by atoms with Gasteiger partial charge in [-0.15, -0.1) is 0 Å². The number of pyridine rings is 1. The molecule has 0 bridgehead atoms. The Labute approximate surface area is 222 Å². The summed E-state index contributed by atoms with van der Waals surface area (Å²) in [5.74, 6) is 0.188. The van der Waals surface area contributed by atoms with Gasteiger partial charge in [-0.1, -0.05) is 19.3 Å². The van der Waals surface area contributed by atoms with Crippen LogP contribution in [0.25, 0.3) is 11.0 Å². The number of primary amides is 1. The Kier molecular flexibility index (Phi) is 7.72. The van der Waals surface area contributed by atoms with Gasteiger partial charge in [-0.2, -0.15) is 0 Å². The highest BCUT2D eigenvalue weighted by Crippen LogP contribution is 2.32. The van der Waals surface area contributed by atoms with E-state index in [0.717, 1.165) is 56.9 Å². The molecule has 38 heavy (non-hydrogen) atoms. The molecular weight excluding hydrogens is 480 g/mol. The van der Waals surface area contributed by atoms with Gasteiger partial charge in [-0.05, 0) is 74.8 Å². The topological polar surface area (TPSA) is 123 Å². The number of hydrogen-bond acceptors (Lipinski definition) is 5. The van der Waals surface area contributed by atoms with E-state index < -0.39 is 0 Å². The van der Waals surface area contributed by atoms with Crippen LogP contribution in [0.4, 0.5) is 5.95 Å². The maximum absolute atomic E-state index is 13.3.